The van der Waals surface area contributed by atoms with Crippen molar-refractivity contribution in [2.45, 2.75) is 64.0 Å². The Labute approximate surface area is 219 Å². The number of benzene rings is 1. The molecule has 2 aromatic rings. The summed E-state index contributed by atoms with van der Waals surface area (Å²) in [6.07, 6.45) is 10.7. The molecule has 2 aliphatic rings. The Morgan fingerprint density at radius 1 is 1.03 bits per heavy atom. The molecule has 35 heavy (non-hydrogen) atoms. The molecular weight excluding hydrogens is 478 g/mol. The maximum atomic E-state index is 11.7. The van der Waals surface area contributed by atoms with E-state index < -0.39 is 0 Å². The van der Waals surface area contributed by atoms with E-state index in [1.165, 1.54) is 67.9 Å². The lowest BCUT2D eigenvalue weighted by atomic mass is 10.1. The topological polar surface area (TPSA) is 45.7 Å². The summed E-state index contributed by atoms with van der Waals surface area (Å²) in [5.74, 6) is 0.903. The first kappa shape index (κ1) is 26.3. The number of carbonyl (C=O) groups is 1. The fourth-order valence-corrected chi connectivity index (χ4v) is 6.15. The highest BCUT2D eigenvalue weighted by Crippen LogP contribution is 2.34. The predicted octanol–water partition coefficient (Wildman–Crippen LogP) is 6.69. The monoisotopic (exact) mass is 515 g/mol. The second-order valence-corrected chi connectivity index (χ2v) is 11.4. The van der Waals surface area contributed by atoms with E-state index in [1.54, 1.807) is 0 Å². The van der Waals surface area contributed by atoms with Crippen LogP contribution in [0.5, 0.6) is 0 Å². The number of rotatable bonds is 12. The van der Waals surface area contributed by atoms with E-state index in [-0.39, 0.29) is 10.4 Å². The van der Waals surface area contributed by atoms with Crippen LogP contribution in [0.25, 0.3) is 10.9 Å². The van der Waals surface area contributed by atoms with Gasteiger partial charge in [-0.1, -0.05) is 55.5 Å². The van der Waals surface area contributed by atoms with E-state index in [0.717, 1.165) is 61.1 Å². The molecule has 1 aromatic heterocycles. The van der Waals surface area contributed by atoms with Crippen LogP contribution in [0, 0.1) is 0 Å². The van der Waals surface area contributed by atoms with Crippen molar-refractivity contribution in [2.75, 3.05) is 44.2 Å². The number of thioether (sulfide) groups is 1. The molecule has 5 nitrogen and oxygen atoms in total. The van der Waals surface area contributed by atoms with Crippen LogP contribution in [0.3, 0.4) is 0 Å². The van der Waals surface area contributed by atoms with Crippen molar-refractivity contribution in [1.29, 1.82) is 0 Å². The zero-order valence-electron chi connectivity index (χ0n) is 21.1. The van der Waals surface area contributed by atoms with Gasteiger partial charge in [0, 0.05) is 54.0 Å². The molecule has 7 heteroatoms. The number of unbranched alkanes of at least 4 members (excludes halogenated alkanes) is 6. The number of piperazine rings is 1. The zero-order chi connectivity index (χ0) is 24.6. The van der Waals surface area contributed by atoms with Crippen LogP contribution >= 0.6 is 23.4 Å². The minimum absolute atomic E-state index is 0.169. The number of pyridine rings is 1. The highest BCUT2D eigenvalue weighted by atomic mass is 35.5. The molecule has 2 aliphatic heterocycles. The summed E-state index contributed by atoms with van der Waals surface area (Å²) in [7, 11) is 0. The van der Waals surface area contributed by atoms with E-state index in [4.69, 9.17) is 16.3 Å². The Hall–Kier alpha value is -1.76. The lowest BCUT2D eigenvalue weighted by Crippen LogP contribution is -2.46. The van der Waals surface area contributed by atoms with Crippen molar-refractivity contribution >= 4 is 45.1 Å². The Bertz CT molecular complexity index is 1040. The summed E-state index contributed by atoms with van der Waals surface area (Å²) in [4.78, 5) is 21.3. The molecule has 0 radical (unpaired) electrons. The van der Waals surface area contributed by atoms with Crippen molar-refractivity contribution in [1.82, 2.24) is 9.88 Å². The minimum atomic E-state index is 0.169. The quantitative estimate of drug-likeness (QED) is 0.293. The molecule has 4 rings (SSSR count). The van der Waals surface area contributed by atoms with Crippen LogP contribution in [-0.4, -0.2) is 59.6 Å². The number of aromatic nitrogens is 1. The van der Waals surface area contributed by atoms with Gasteiger partial charge in [0.25, 0.3) is 0 Å². The minimum Gasteiger partial charge on any atom is -0.496 e. The number of carbonyl (C=O) groups excluding carboxylic acids is 1. The van der Waals surface area contributed by atoms with Crippen LogP contribution in [-0.2, 0) is 9.53 Å². The van der Waals surface area contributed by atoms with E-state index in [0.29, 0.717) is 0 Å². The van der Waals surface area contributed by atoms with E-state index in [9.17, 15) is 4.79 Å². The fourth-order valence-electron chi connectivity index (χ4n) is 5.03. The van der Waals surface area contributed by atoms with Crippen molar-refractivity contribution in [3.05, 3.63) is 46.8 Å². The fraction of sp³-hybridized carbons (Fsp3) is 0.571. The predicted molar refractivity (Wildman–Crippen MR) is 148 cm³/mol. The molecule has 1 atom stereocenters. The molecule has 3 heterocycles. The Balaban J connectivity index is 1.04. The molecule has 0 amide bonds. The second kappa shape index (κ2) is 13.0. The maximum absolute atomic E-state index is 11.7. The lowest BCUT2D eigenvalue weighted by molar-refractivity contribution is -0.107. The lowest BCUT2D eigenvalue weighted by Gasteiger charge is -2.36. The molecule has 0 aliphatic carbocycles. The molecule has 1 fully saturated rings. The molecule has 0 N–H and O–H groups in total. The van der Waals surface area contributed by atoms with Gasteiger partial charge in [0.05, 0.1) is 17.4 Å². The summed E-state index contributed by atoms with van der Waals surface area (Å²) in [5, 5.41) is 2.27. The summed E-state index contributed by atoms with van der Waals surface area (Å²) in [6, 6.07) is 8.13. The summed E-state index contributed by atoms with van der Waals surface area (Å²) in [5.41, 5.74) is 3.05. The molecule has 1 saturated heterocycles. The van der Waals surface area contributed by atoms with E-state index in [2.05, 4.69) is 26.9 Å². The van der Waals surface area contributed by atoms with Gasteiger partial charge < -0.3 is 9.64 Å². The standard InChI is InChI=1S/C28H38ClN3O2S/c1-21-27(22(2)35-28(21)33)34-19-9-7-5-3-4-6-8-14-31-15-17-32(18-16-31)26-12-13-30-25-20-23(29)10-11-24(25)26/h10-13,20,22H,3-9,14-19H2,1-2H3. The normalized spacial score (nSPS) is 19.2. The number of ether oxygens (including phenoxy) is 1. The third-order valence-corrected chi connectivity index (χ3v) is 8.42. The number of hydrogen-bond donors (Lipinski definition) is 0. The first-order valence-corrected chi connectivity index (χ1v) is 14.3. The summed E-state index contributed by atoms with van der Waals surface area (Å²) < 4.78 is 5.89. The highest BCUT2D eigenvalue weighted by Gasteiger charge is 2.28. The number of anilines is 1. The molecule has 1 aromatic carbocycles. The molecule has 190 valence electrons. The van der Waals surface area contributed by atoms with Gasteiger partial charge in [0.1, 0.15) is 5.76 Å². The van der Waals surface area contributed by atoms with Gasteiger partial charge in [-0.2, -0.15) is 0 Å². The smallest absolute Gasteiger partial charge is 0.219 e. The first-order chi connectivity index (χ1) is 17.0. The molecular formula is C28H38ClN3O2S. The van der Waals surface area contributed by atoms with Crippen molar-refractivity contribution in [3.63, 3.8) is 0 Å². The molecule has 1 unspecified atom stereocenters. The van der Waals surface area contributed by atoms with Gasteiger partial charge in [-0.05, 0) is 57.5 Å². The summed E-state index contributed by atoms with van der Waals surface area (Å²) >= 11 is 7.52. The maximum Gasteiger partial charge on any atom is 0.219 e. The van der Waals surface area contributed by atoms with Crippen molar-refractivity contribution < 1.29 is 9.53 Å². The van der Waals surface area contributed by atoms with Gasteiger partial charge in [-0.3, -0.25) is 14.7 Å². The number of hydrogen-bond acceptors (Lipinski definition) is 6. The van der Waals surface area contributed by atoms with Gasteiger partial charge in [0.2, 0.25) is 5.12 Å². The third kappa shape index (κ3) is 7.14. The first-order valence-electron chi connectivity index (χ1n) is 13.1. The van der Waals surface area contributed by atoms with E-state index in [1.807, 2.05) is 32.2 Å². The number of fused-ring (bicyclic) bond motifs is 1. The third-order valence-electron chi connectivity index (χ3n) is 7.10. The van der Waals surface area contributed by atoms with Crippen LogP contribution in [0.15, 0.2) is 41.8 Å². The average molecular weight is 516 g/mol. The van der Waals surface area contributed by atoms with Crippen molar-refractivity contribution in [3.8, 4) is 0 Å². The van der Waals surface area contributed by atoms with Crippen molar-refractivity contribution in [2.24, 2.45) is 0 Å². The molecule has 0 saturated carbocycles. The Morgan fingerprint density at radius 3 is 2.46 bits per heavy atom. The molecule has 0 spiro atoms. The van der Waals surface area contributed by atoms with E-state index >= 15 is 0 Å². The van der Waals surface area contributed by atoms with Crippen LogP contribution in [0.2, 0.25) is 5.02 Å². The van der Waals surface area contributed by atoms with Gasteiger partial charge in [-0.15, -0.1) is 0 Å². The summed E-state index contributed by atoms with van der Waals surface area (Å²) in [6.45, 7) is 10.2. The SMILES string of the molecule is CC1=C(OCCCCCCCCCN2CCN(c3ccnc4cc(Cl)ccc34)CC2)C(C)SC1=O. The Morgan fingerprint density at radius 2 is 1.74 bits per heavy atom. The largest absolute Gasteiger partial charge is 0.496 e. The van der Waals surface area contributed by atoms with Crippen LogP contribution in [0.1, 0.15) is 58.8 Å². The van der Waals surface area contributed by atoms with Gasteiger partial charge >= 0.3 is 0 Å². The number of halogens is 1. The van der Waals surface area contributed by atoms with Gasteiger partial charge in [-0.25, -0.2) is 0 Å². The Kier molecular flexibility index (Phi) is 9.75. The van der Waals surface area contributed by atoms with Crippen LogP contribution in [0.4, 0.5) is 5.69 Å². The van der Waals surface area contributed by atoms with Gasteiger partial charge in [0.15, 0.2) is 0 Å². The second-order valence-electron chi connectivity index (χ2n) is 9.68. The molecule has 0 bridgehead atoms. The highest BCUT2D eigenvalue weighted by molar-refractivity contribution is 8.15. The average Bonchev–Trinajstić information content (AvgIpc) is 3.10. The zero-order valence-corrected chi connectivity index (χ0v) is 22.7. The van der Waals surface area contributed by atoms with Crippen LogP contribution < -0.4 is 4.90 Å². The number of nitrogens with zero attached hydrogens (tertiary/aromatic N) is 3.